The van der Waals surface area contributed by atoms with Gasteiger partial charge >= 0.3 is 5.97 Å². The Morgan fingerprint density at radius 2 is 2.11 bits per heavy atom. The monoisotopic (exact) mass is 259 g/mol. The van der Waals surface area contributed by atoms with E-state index in [-0.39, 0.29) is 5.56 Å². The molecule has 0 aliphatic carbocycles. The van der Waals surface area contributed by atoms with Gasteiger partial charge in [0.15, 0.2) is 0 Å². The number of benzene rings is 1. The van der Waals surface area contributed by atoms with Crippen LogP contribution in [0.3, 0.4) is 0 Å². The number of aryl methyl sites for hydroxylation is 1. The van der Waals surface area contributed by atoms with Gasteiger partial charge in [0, 0.05) is 5.69 Å². The Kier molecular flexibility index (Phi) is 3.26. The second-order valence-electron chi connectivity index (χ2n) is 3.59. The van der Waals surface area contributed by atoms with Crippen LogP contribution < -0.4 is 5.32 Å². The molecule has 6 heteroatoms. The molecule has 0 saturated carbocycles. The third-order valence-corrected chi connectivity index (χ3v) is 3.20. The average molecular weight is 259 g/mol. The number of nitrogens with one attached hydrogen (secondary N) is 1. The maximum atomic E-state index is 11.1. The van der Waals surface area contributed by atoms with Crippen molar-refractivity contribution in [3.8, 4) is 6.07 Å². The van der Waals surface area contributed by atoms with E-state index >= 15 is 0 Å². The summed E-state index contributed by atoms with van der Waals surface area (Å²) in [5.74, 6) is -1.00. The Morgan fingerprint density at radius 1 is 1.44 bits per heavy atom. The Balaban J connectivity index is 2.29. The quantitative estimate of drug-likeness (QED) is 0.885. The average Bonchev–Trinajstić information content (AvgIpc) is 2.71. The molecule has 2 rings (SSSR count). The lowest BCUT2D eigenvalue weighted by Gasteiger charge is -2.04. The standard InChI is InChI=1S/C12H9N3O2S/c1-7-10(12(16)17)11(18-15-7)14-9-4-2-8(6-13)3-5-9/h2-5,14H,1H3,(H,16,17). The maximum Gasteiger partial charge on any atom is 0.340 e. The highest BCUT2D eigenvalue weighted by Crippen LogP contribution is 2.27. The Labute approximate surface area is 107 Å². The van der Waals surface area contributed by atoms with Gasteiger partial charge in [-0.05, 0) is 42.7 Å². The van der Waals surface area contributed by atoms with Crippen LogP contribution in [-0.2, 0) is 0 Å². The largest absolute Gasteiger partial charge is 0.478 e. The molecule has 2 N–H and O–H groups in total. The van der Waals surface area contributed by atoms with Crippen LogP contribution >= 0.6 is 11.5 Å². The molecule has 1 aromatic carbocycles. The fourth-order valence-corrected chi connectivity index (χ4v) is 2.28. The number of aromatic nitrogens is 1. The number of hydrogen-bond donors (Lipinski definition) is 2. The van der Waals surface area contributed by atoms with Crippen LogP contribution in [0.15, 0.2) is 24.3 Å². The predicted molar refractivity (Wildman–Crippen MR) is 68.3 cm³/mol. The van der Waals surface area contributed by atoms with Gasteiger partial charge in [0.2, 0.25) is 0 Å². The highest BCUT2D eigenvalue weighted by molar-refractivity contribution is 7.10. The molecule has 1 heterocycles. The smallest absolute Gasteiger partial charge is 0.340 e. The van der Waals surface area contributed by atoms with Crippen molar-refractivity contribution in [2.24, 2.45) is 0 Å². The van der Waals surface area contributed by atoms with Gasteiger partial charge in [0.25, 0.3) is 0 Å². The van der Waals surface area contributed by atoms with E-state index in [1.807, 2.05) is 6.07 Å². The summed E-state index contributed by atoms with van der Waals surface area (Å²) in [5, 5.41) is 21.2. The van der Waals surface area contributed by atoms with Crippen molar-refractivity contribution in [3.63, 3.8) is 0 Å². The van der Waals surface area contributed by atoms with E-state index in [2.05, 4.69) is 9.69 Å². The second-order valence-corrected chi connectivity index (χ2v) is 4.36. The van der Waals surface area contributed by atoms with Crippen molar-refractivity contribution >= 4 is 28.2 Å². The van der Waals surface area contributed by atoms with Crippen molar-refractivity contribution in [1.29, 1.82) is 5.26 Å². The molecule has 0 amide bonds. The lowest BCUT2D eigenvalue weighted by atomic mass is 10.2. The van der Waals surface area contributed by atoms with Crippen LogP contribution in [0.2, 0.25) is 0 Å². The SMILES string of the molecule is Cc1nsc(Nc2ccc(C#N)cc2)c1C(=O)O. The number of carboxylic acids is 1. The lowest BCUT2D eigenvalue weighted by Crippen LogP contribution is -2.01. The fourth-order valence-electron chi connectivity index (χ4n) is 1.47. The summed E-state index contributed by atoms with van der Waals surface area (Å²) >= 11 is 1.10. The number of aromatic carboxylic acids is 1. The minimum Gasteiger partial charge on any atom is -0.478 e. The molecule has 90 valence electrons. The van der Waals surface area contributed by atoms with Crippen molar-refractivity contribution in [1.82, 2.24) is 4.37 Å². The van der Waals surface area contributed by atoms with Gasteiger partial charge in [-0.15, -0.1) is 0 Å². The summed E-state index contributed by atoms with van der Waals surface area (Å²) in [6, 6.07) is 8.79. The number of carbonyl (C=O) groups is 1. The van der Waals surface area contributed by atoms with Crippen molar-refractivity contribution in [2.75, 3.05) is 5.32 Å². The van der Waals surface area contributed by atoms with E-state index < -0.39 is 5.97 Å². The predicted octanol–water partition coefficient (Wildman–Crippen LogP) is 2.76. The first kappa shape index (κ1) is 12.1. The minimum absolute atomic E-state index is 0.185. The first-order valence-electron chi connectivity index (χ1n) is 5.08. The van der Waals surface area contributed by atoms with Crippen LogP contribution in [0.5, 0.6) is 0 Å². The van der Waals surface area contributed by atoms with Crippen LogP contribution in [0.1, 0.15) is 21.6 Å². The summed E-state index contributed by atoms with van der Waals surface area (Å²) in [6.07, 6.45) is 0. The molecule has 18 heavy (non-hydrogen) atoms. The summed E-state index contributed by atoms with van der Waals surface area (Å²) < 4.78 is 4.01. The number of anilines is 2. The molecule has 0 unspecified atom stereocenters. The molecule has 0 saturated heterocycles. The van der Waals surface area contributed by atoms with Gasteiger partial charge in [-0.2, -0.15) is 9.64 Å². The molecule has 0 radical (unpaired) electrons. The third-order valence-electron chi connectivity index (χ3n) is 2.35. The van der Waals surface area contributed by atoms with Crippen molar-refractivity contribution in [3.05, 3.63) is 41.1 Å². The Hall–Kier alpha value is -2.39. The third kappa shape index (κ3) is 2.31. The number of nitrogens with zero attached hydrogens (tertiary/aromatic N) is 2. The van der Waals surface area contributed by atoms with Crippen LogP contribution in [0, 0.1) is 18.3 Å². The van der Waals surface area contributed by atoms with Gasteiger partial charge in [-0.25, -0.2) is 4.79 Å². The Bertz CT molecular complexity index is 626. The topological polar surface area (TPSA) is 86.0 Å². The molecule has 0 aliphatic rings. The maximum absolute atomic E-state index is 11.1. The van der Waals surface area contributed by atoms with Gasteiger partial charge < -0.3 is 10.4 Å². The summed E-state index contributed by atoms with van der Waals surface area (Å²) in [4.78, 5) is 11.1. The summed E-state index contributed by atoms with van der Waals surface area (Å²) in [6.45, 7) is 1.66. The Morgan fingerprint density at radius 3 is 2.67 bits per heavy atom. The minimum atomic E-state index is -1.00. The van der Waals surface area contributed by atoms with Crippen LogP contribution in [0.4, 0.5) is 10.7 Å². The van der Waals surface area contributed by atoms with Crippen molar-refractivity contribution in [2.45, 2.75) is 6.92 Å². The van der Waals surface area contributed by atoms with E-state index in [0.29, 0.717) is 16.3 Å². The highest BCUT2D eigenvalue weighted by atomic mass is 32.1. The molecule has 0 aliphatic heterocycles. The normalized spacial score (nSPS) is 9.78. The van der Waals surface area contributed by atoms with E-state index in [4.69, 9.17) is 10.4 Å². The van der Waals surface area contributed by atoms with Gasteiger partial charge in [-0.3, -0.25) is 0 Å². The number of nitriles is 1. The van der Waals surface area contributed by atoms with E-state index in [9.17, 15) is 4.79 Å². The van der Waals surface area contributed by atoms with E-state index in [1.165, 1.54) is 0 Å². The summed E-state index contributed by atoms with van der Waals surface area (Å²) in [7, 11) is 0. The van der Waals surface area contributed by atoms with E-state index in [0.717, 1.165) is 17.2 Å². The zero-order valence-electron chi connectivity index (χ0n) is 9.47. The number of rotatable bonds is 3. The van der Waals surface area contributed by atoms with Gasteiger partial charge in [0.1, 0.15) is 10.6 Å². The fraction of sp³-hybridized carbons (Fsp3) is 0.0833. The van der Waals surface area contributed by atoms with Crippen molar-refractivity contribution < 1.29 is 9.90 Å². The summed E-state index contributed by atoms with van der Waals surface area (Å²) in [5.41, 5.74) is 1.95. The molecular formula is C12H9N3O2S. The second kappa shape index (κ2) is 4.85. The highest BCUT2D eigenvalue weighted by Gasteiger charge is 2.17. The first-order valence-corrected chi connectivity index (χ1v) is 5.86. The van der Waals surface area contributed by atoms with E-state index in [1.54, 1.807) is 31.2 Å². The zero-order chi connectivity index (χ0) is 13.1. The molecule has 0 atom stereocenters. The zero-order valence-corrected chi connectivity index (χ0v) is 10.3. The molecule has 0 bridgehead atoms. The molecule has 5 nitrogen and oxygen atoms in total. The molecule has 0 spiro atoms. The molecule has 0 fully saturated rings. The molecular weight excluding hydrogens is 250 g/mol. The van der Waals surface area contributed by atoms with Crippen LogP contribution in [-0.4, -0.2) is 15.4 Å². The van der Waals surface area contributed by atoms with Gasteiger partial charge in [0.05, 0.1) is 17.3 Å². The van der Waals surface area contributed by atoms with Gasteiger partial charge in [-0.1, -0.05) is 0 Å². The molecule has 2 aromatic rings. The van der Waals surface area contributed by atoms with Crippen LogP contribution in [0.25, 0.3) is 0 Å². The number of hydrogen-bond acceptors (Lipinski definition) is 5. The molecule has 1 aromatic heterocycles. The lowest BCUT2D eigenvalue weighted by molar-refractivity contribution is 0.0697. The number of carboxylic acid groups (broad SMARTS) is 1. The first-order chi connectivity index (χ1) is 8.61.